The number of fused-ring (bicyclic) bond motifs is 1. The van der Waals surface area contributed by atoms with Gasteiger partial charge < -0.3 is 4.74 Å². The third-order valence-electron chi connectivity index (χ3n) is 5.94. The Morgan fingerprint density at radius 2 is 1.72 bits per heavy atom. The fraction of sp³-hybridized carbons (Fsp3) is 0.348. The van der Waals surface area contributed by atoms with Gasteiger partial charge in [0.05, 0.1) is 24.1 Å². The van der Waals surface area contributed by atoms with Gasteiger partial charge in [0, 0.05) is 6.04 Å². The molecule has 4 atom stereocenters. The number of ether oxygens (including phenoxy) is 1. The van der Waals surface area contributed by atoms with Gasteiger partial charge in [-0.25, -0.2) is 4.90 Å². The topological polar surface area (TPSA) is 75.7 Å². The van der Waals surface area contributed by atoms with Gasteiger partial charge in [-0.3, -0.25) is 19.7 Å². The highest BCUT2D eigenvalue weighted by Gasteiger charge is 2.67. The lowest BCUT2D eigenvalue weighted by atomic mass is 9.80. The first-order valence-corrected chi connectivity index (χ1v) is 9.83. The van der Waals surface area contributed by atoms with Gasteiger partial charge in [0.1, 0.15) is 5.54 Å². The molecule has 0 unspecified atom stereocenters. The predicted octanol–water partition coefficient (Wildman–Crippen LogP) is 2.77. The summed E-state index contributed by atoms with van der Waals surface area (Å²) >= 11 is 0. The number of hydrogen-bond acceptors (Lipinski definition) is 5. The summed E-state index contributed by atoms with van der Waals surface area (Å²) in [6.45, 7) is 5.57. The minimum Gasteiger partial charge on any atom is -0.465 e. The minimum absolute atomic E-state index is 0.202. The highest BCUT2D eigenvalue weighted by molar-refractivity contribution is 6.24. The molecule has 0 radical (unpaired) electrons. The number of nitrogens with one attached hydrogen (secondary N) is 1. The SMILES string of the molecule is CCOC(=O)[C@]1(C)N[C@H](c2ccc(C)cc2)[C@H]2C(=O)N(c3ccccc3)C(=O)[C@@H]21. The molecule has 2 heterocycles. The Hall–Kier alpha value is -2.99. The molecule has 2 amide bonds. The zero-order valence-electron chi connectivity index (χ0n) is 16.7. The van der Waals surface area contributed by atoms with Crippen LogP contribution in [-0.2, 0) is 19.1 Å². The molecule has 0 saturated carbocycles. The third-order valence-corrected chi connectivity index (χ3v) is 5.94. The van der Waals surface area contributed by atoms with Gasteiger partial charge in [0.25, 0.3) is 0 Å². The average Bonchev–Trinajstić information content (AvgIpc) is 3.17. The highest BCUT2D eigenvalue weighted by atomic mass is 16.5. The van der Waals surface area contributed by atoms with Crippen molar-refractivity contribution in [3.05, 3.63) is 65.7 Å². The van der Waals surface area contributed by atoms with Gasteiger partial charge in [-0.2, -0.15) is 0 Å². The zero-order valence-corrected chi connectivity index (χ0v) is 16.7. The molecule has 2 aliphatic heterocycles. The fourth-order valence-corrected chi connectivity index (χ4v) is 4.50. The molecule has 4 rings (SSSR count). The number of esters is 1. The molecule has 6 nitrogen and oxygen atoms in total. The highest BCUT2D eigenvalue weighted by Crippen LogP contribution is 2.49. The van der Waals surface area contributed by atoms with E-state index in [9.17, 15) is 14.4 Å². The molecule has 0 bridgehead atoms. The smallest absolute Gasteiger partial charge is 0.326 e. The van der Waals surface area contributed by atoms with Crippen LogP contribution in [0, 0.1) is 18.8 Å². The fourth-order valence-electron chi connectivity index (χ4n) is 4.50. The second-order valence-corrected chi connectivity index (χ2v) is 7.81. The first-order chi connectivity index (χ1) is 13.9. The van der Waals surface area contributed by atoms with Crippen molar-refractivity contribution in [2.24, 2.45) is 11.8 Å². The van der Waals surface area contributed by atoms with Crippen LogP contribution in [0.25, 0.3) is 0 Å². The first kappa shape index (κ1) is 19.3. The minimum atomic E-state index is -1.29. The van der Waals surface area contributed by atoms with E-state index in [-0.39, 0.29) is 18.4 Å². The number of nitrogens with zero attached hydrogens (tertiary/aromatic N) is 1. The van der Waals surface area contributed by atoms with Crippen LogP contribution in [0.3, 0.4) is 0 Å². The second-order valence-electron chi connectivity index (χ2n) is 7.81. The van der Waals surface area contributed by atoms with Crippen molar-refractivity contribution in [1.82, 2.24) is 5.32 Å². The zero-order chi connectivity index (χ0) is 20.8. The van der Waals surface area contributed by atoms with E-state index in [0.717, 1.165) is 11.1 Å². The maximum absolute atomic E-state index is 13.4. The Balaban J connectivity index is 1.81. The van der Waals surface area contributed by atoms with Gasteiger partial charge in [0.15, 0.2) is 0 Å². The van der Waals surface area contributed by atoms with E-state index in [1.165, 1.54) is 4.90 Å². The number of carbonyl (C=O) groups is 3. The summed E-state index contributed by atoms with van der Waals surface area (Å²) < 4.78 is 5.28. The Morgan fingerprint density at radius 3 is 2.34 bits per heavy atom. The number of aryl methyl sites for hydroxylation is 1. The largest absolute Gasteiger partial charge is 0.465 e. The number of imide groups is 1. The Labute approximate surface area is 169 Å². The molecule has 0 aromatic heterocycles. The third kappa shape index (κ3) is 2.95. The van der Waals surface area contributed by atoms with E-state index in [1.807, 2.05) is 37.3 Å². The normalized spacial score (nSPS) is 28.5. The summed E-state index contributed by atoms with van der Waals surface area (Å²) in [6.07, 6.45) is 0. The first-order valence-electron chi connectivity index (χ1n) is 9.83. The van der Waals surface area contributed by atoms with Crippen LogP contribution in [0.1, 0.15) is 31.0 Å². The van der Waals surface area contributed by atoms with Crippen molar-refractivity contribution in [3.63, 3.8) is 0 Å². The van der Waals surface area contributed by atoms with Crippen molar-refractivity contribution in [2.75, 3.05) is 11.5 Å². The number of carbonyl (C=O) groups excluding carboxylic acids is 3. The molecule has 0 spiro atoms. The molecule has 2 saturated heterocycles. The molecule has 2 aromatic carbocycles. The van der Waals surface area contributed by atoms with Crippen LogP contribution in [0.4, 0.5) is 5.69 Å². The van der Waals surface area contributed by atoms with Crippen molar-refractivity contribution in [3.8, 4) is 0 Å². The number of anilines is 1. The maximum Gasteiger partial charge on any atom is 0.326 e. The van der Waals surface area contributed by atoms with Crippen LogP contribution >= 0.6 is 0 Å². The van der Waals surface area contributed by atoms with Crippen LogP contribution in [0.15, 0.2) is 54.6 Å². The molecular formula is C23H24N2O4. The van der Waals surface area contributed by atoms with Crippen molar-refractivity contribution < 1.29 is 19.1 Å². The number of amides is 2. The molecule has 29 heavy (non-hydrogen) atoms. The van der Waals surface area contributed by atoms with E-state index in [4.69, 9.17) is 4.74 Å². The summed E-state index contributed by atoms with van der Waals surface area (Å²) in [4.78, 5) is 40.9. The van der Waals surface area contributed by atoms with E-state index in [2.05, 4.69) is 5.32 Å². The van der Waals surface area contributed by atoms with Crippen molar-refractivity contribution >= 4 is 23.5 Å². The van der Waals surface area contributed by atoms with E-state index >= 15 is 0 Å². The van der Waals surface area contributed by atoms with Crippen LogP contribution in [0.5, 0.6) is 0 Å². The Bertz CT molecular complexity index is 957. The lowest BCUT2D eigenvalue weighted by molar-refractivity contribution is -0.153. The van der Waals surface area contributed by atoms with E-state index in [1.54, 1.807) is 38.1 Å². The van der Waals surface area contributed by atoms with Crippen LogP contribution < -0.4 is 10.2 Å². The molecule has 2 fully saturated rings. The van der Waals surface area contributed by atoms with Crippen molar-refractivity contribution in [1.29, 1.82) is 0 Å². The summed E-state index contributed by atoms with van der Waals surface area (Å²) in [5.74, 6) is -2.69. The average molecular weight is 392 g/mol. The van der Waals surface area contributed by atoms with E-state index < -0.39 is 29.4 Å². The number of hydrogen-bond donors (Lipinski definition) is 1. The number of benzene rings is 2. The lowest BCUT2D eigenvalue weighted by Gasteiger charge is -2.29. The van der Waals surface area contributed by atoms with Gasteiger partial charge >= 0.3 is 5.97 Å². The van der Waals surface area contributed by atoms with Crippen LogP contribution in [-0.4, -0.2) is 29.9 Å². The predicted molar refractivity (Wildman–Crippen MR) is 108 cm³/mol. The molecule has 2 aliphatic rings. The number of para-hydroxylation sites is 1. The van der Waals surface area contributed by atoms with Gasteiger partial charge in [0.2, 0.25) is 11.8 Å². The second kappa shape index (κ2) is 7.12. The summed E-state index contributed by atoms with van der Waals surface area (Å²) in [5.41, 5.74) is 1.20. The molecule has 6 heteroatoms. The van der Waals surface area contributed by atoms with Gasteiger partial charge in [-0.1, -0.05) is 48.0 Å². The molecule has 2 aromatic rings. The Kier molecular flexibility index (Phi) is 4.74. The van der Waals surface area contributed by atoms with Gasteiger partial charge in [-0.05, 0) is 38.5 Å². The molecule has 150 valence electrons. The lowest BCUT2D eigenvalue weighted by Crippen LogP contribution is -2.54. The monoisotopic (exact) mass is 392 g/mol. The summed E-state index contributed by atoms with van der Waals surface area (Å²) in [6, 6.07) is 16.2. The molecule has 1 N–H and O–H groups in total. The maximum atomic E-state index is 13.4. The molecule has 0 aliphatic carbocycles. The van der Waals surface area contributed by atoms with E-state index in [0.29, 0.717) is 5.69 Å². The summed E-state index contributed by atoms with van der Waals surface area (Å²) in [5, 5.41) is 3.28. The van der Waals surface area contributed by atoms with Crippen LogP contribution in [0.2, 0.25) is 0 Å². The quantitative estimate of drug-likeness (QED) is 0.640. The molecular weight excluding hydrogens is 368 g/mol. The van der Waals surface area contributed by atoms with Crippen molar-refractivity contribution in [2.45, 2.75) is 32.4 Å². The standard InChI is InChI=1S/C23H24N2O4/c1-4-29-22(28)23(3)18-17(19(24-23)15-12-10-14(2)11-13-15)20(26)25(21(18)27)16-8-6-5-7-9-16/h5-13,17-19,24H,4H2,1-3H3/t17-,18+,19+,23+/m0/s1. The van der Waals surface area contributed by atoms with Gasteiger partial charge in [-0.15, -0.1) is 0 Å². The Morgan fingerprint density at radius 1 is 1.07 bits per heavy atom. The summed E-state index contributed by atoms with van der Waals surface area (Å²) in [7, 11) is 0. The number of rotatable bonds is 4.